The first-order valence-corrected chi connectivity index (χ1v) is 11.2. The quantitative estimate of drug-likeness (QED) is 0.211. The van der Waals surface area contributed by atoms with Gasteiger partial charge in [0.25, 0.3) is 0 Å². The van der Waals surface area contributed by atoms with Crippen LogP contribution in [0.1, 0.15) is 15.9 Å². The van der Waals surface area contributed by atoms with Crippen molar-refractivity contribution in [1.29, 1.82) is 0 Å². The molecule has 3 nitrogen and oxygen atoms in total. The Morgan fingerprint density at radius 1 is 0.781 bits per heavy atom. The molecule has 0 unspecified atom stereocenters. The number of rotatable bonds is 6. The monoisotopic (exact) mass is 432 g/mol. The molecular formula is C28H20N2OS. The largest absolute Gasteiger partial charge is 0.289 e. The molecule has 0 amide bonds. The molecule has 2 aromatic heterocycles. The summed E-state index contributed by atoms with van der Waals surface area (Å²) in [7, 11) is 0. The van der Waals surface area contributed by atoms with Crippen molar-refractivity contribution in [3.05, 3.63) is 126 Å². The Hall–Kier alpha value is -4.02. The summed E-state index contributed by atoms with van der Waals surface area (Å²) >= 11 is 1.63. The third kappa shape index (κ3) is 4.22. The second kappa shape index (κ2) is 9.00. The highest BCUT2D eigenvalue weighted by Crippen LogP contribution is 2.29. The SMILES string of the molecule is O=C(C=Cc1cn(-c2ccccc2)nc1-c1cccs1)c1ccc(-c2ccccc2)cc1. The van der Waals surface area contributed by atoms with E-state index in [1.165, 1.54) is 0 Å². The summed E-state index contributed by atoms with van der Waals surface area (Å²) in [6.45, 7) is 0. The van der Waals surface area contributed by atoms with Gasteiger partial charge in [-0.1, -0.05) is 78.9 Å². The molecule has 2 heterocycles. The van der Waals surface area contributed by atoms with Crippen molar-refractivity contribution in [1.82, 2.24) is 9.78 Å². The first-order valence-electron chi connectivity index (χ1n) is 10.3. The molecule has 0 bridgehead atoms. The summed E-state index contributed by atoms with van der Waals surface area (Å²) in [6.07, 6.45) is 5.45. The van der Waals surface area contributed by atoms with E-state index < -0.39 is 0 Å². The fourth-order valence-corrected chi connectivity index (χ4v) is 4.28. The molecule has 0 aliphatic heterocycles. The Morgan fingerprint density at radius 2 is 1.47 bits per heavy atom. The van der Waals surface area contributed by atoms with Crippen molar-refractivity contribution in [2.24, 2.45) is 0 Å². The summed E-state index contributed by atoms with van der Waals surface area (Å²) in [6, 6.07) is 31.9. The lowest BCUT2D eigenvalue weighted by Crippen LogP contribution is -1.94. The van der Waals surface area contributed by atoms with Crippen LogP contribution in [0.15, 0.2) is 115 Å². The molecule has 0 atom stereocenters. The van der Waals surface area contributed by atoms with E-state index in [-0.39, 0.29) is 5.78 Å². The molecule has 0 N–H and O–H groups in total. The average molecular weight is 433 g/mol. The molecule has 0 radical (unpaired) electrons. The van der Waals surface area contributed by atoms with Gasteiger partial charge in [-0.2, -0.15) is 5.10 Å². The van der Waals surface area contributed by atoms with Crippen LogP contribution in [0.3, 0.4) is 0 Å². The van der Waals surface area contributed by atoms with Crippen LogP contribution >= 0.6 is 11.3 Å². The Labute approximate surface area is 190 Å². The van der Waals surface area contributed by atoms with E-state index in [0.29, 0.717) is 5.56 Å². The maximum atomic E-state index is 12.8. The number of ketones is 1. The standard InChI is InChI=1S/C28H20N2OS/c31-26(23-15-13-22(14-16-23)21-8-3-1-4-9-21)18-17-24-20-30(25-10-5-2-6-11-25)29-28(24)27-12-7-19-32-27/h1-20H. The average Bonchev–Trinajstić information content (AvgIpc) is 3.54. The molecule has 154 valence electrons. The second-order valence-electron chi connectivity index (χ2n) is 7.33. The van der Waals surface area contributed by atoms with Crippen molar-refractivity contribution >= 4 is 23.2 Å². The number of carbonyl (C=O) groups excluding carboxylic acids is 1. The molecule has 0 fully saturated rings. The third-order valence-electron chi connectivity index (χ3n) is 5.21. The van der Waals surface area contributed by atoms with Gasteiger partial charge in [-0.05, 0) is 46.9 Å². The second-order valence-corrected chi connectivity index (χ2v) is 8.28. The van der Waals surface area contributed by atoms with Crippen LogP contribution in [0.5, 0.6) is 0 Å². The lowest BCUT2D eigenvalue weighted by atomic mass is 10.0. The molecular weight excluding hydrogens is 412 g/mol. The van der Waals surface area contributed by atoms with E-state index in [1.54, 1.807) is 17.4 Å². The third-order valence-corrected chi connectivity index (χ3v) is 6.09. The first kappa shape index (κ1) is 19.9. The molecule has 32 heavy (non-hydrogen) atoms. The van der Waals surface area contributed by atoms with Crippen molar-refractivity contribution in [2.45, 2.75) is 0 Å². The van der Waals surface area contributed by atoms with Gasteiger partial charge in [0.2, 0.25) is 0 Å². The van der Waals surface area contributed by atoms with E-state index in [0.717, 1.165) is 32.9 Å². The summed E-state index contributed by atoms with van der Waals surface area (Å²) < 4.78 is 1.86. The van der Waals surface area contributed by atoms with Gasteiger partial charge in [-0.25, -0.2) is 4.68 Å². The lowest BCUT2D eigenvalue weighted by Gasteiger charge is -2.02. The molecule has 3 aromatic carbocycles. The van der Waals surface area contributed by atoms with Crippen LogP contribution in [-0.2, 0) is 0 Å². The molecule has 4 heteroatoms. The van der Waals surface area contributed by atoms with Gasteiger partial charge in [0.15, 0.2) is 5.78 Å². The van der Waals surface area contributed by atoms with Crippen molar-refractivity contribution in [2.75, 3.05) is 0 Å². The minimum Gasteiger partial charge on any atom is -0.289 e. The highest BCUT2D eigenvalue weighted by atomic mass is 32.1. The minimum absolute atomic E-state index is 0.0331. The highest BCUT2D eigenvalue weighted by Gasteiger charge is 2.12. The van der Waals surface area contributed by atoms with E-state index >= 15 is 0 Å². The van der Waals surface area contributed by atoms with Crippen LogP contribution in [0, 0.1) is 0 Å². The number of hydrogen-bond acceptors (Lipinski definition) is 3. The van der Waals surface area contributed by atoms with Crippen LogP contribution in [0.2, 0.25) is 0 Å². The fourth-order valence-electron chi connectivity index (χ4n) is 3.55. The maximum absolute atomic E-state index is 12.8. The smallest absolute Gasteiger partial charge is 0.185 e. The number of nitrogens with zero attached hydrogens (tertiary/aromatic N) is 2. The lowest BCUT2D eigenvalue weighted by molar-refractivity contribution is 0.104. The van der Waals surface area contributed by atoms with E-state index in [2.05, 4.69) is 12.1 Å². The highest BCUT2D eigenvalue weighted by molar-refractivity contribution is 7.13. The first-order chi connectivity index (χ1) is 15.8. The van der Waals surface area contributed by atoms with Gasteiger partial charge in [0, 0.05) is 17.3 Å². The Bertz CT molecular complexity index is 1350. The zero-order valence-electron chi connectivity index (χ0n) is 17.3. The molecule has 0 aliphatic carbocycles. The summed E-state index contributed by atoms with van der Waals surface area (Å²) in [5, 5.41) is 6.81. The molecule has 0 saturated carbocycles. The number of aromatic nitrogens is 2. The predicted molar refractivity (Wildman–Crippen MR) is 132 cm³/mol. The van der Waals surface area contributed by atoms with Gasteiger partial charge >= 0.3 is 0 Å². The van der Waals surface area contributed by atoms with Crippen LogP contribution < -0.4 is 0 Å². The Kier molecular flexibility index (Phi) is 5.60. The number of benzene rings is 3. The van der Waals surface area contributed by atoms with Gasteiger partial charge in [-0.3, -0.25) is 4.79 Å². The van der Waals surface area contributed by atoms with Crippen molar-refractivity contribution in [3.8, 4) is 27.4 Å². The topological polar surface area (TPSA) is 34.9 Å². The summed E-state index contributed by atoms with van der Waals surface area (Å²) in [4.78, 5) is 13.9. The zero-order chi connectivity index (χ0) is 21.8. The normalized spacial score (nSPS) is 11.1. The maximum Gasteiger partial charge on any atom is 0.185 e. The van der Waals surface area contributed by atoms with Gasteiger partial charge in [-0.15, -0.1) is 11.3 Å². The van der Waals surface area contributed by atoms with Gasteiger partial charge < -0.3 is 0 Å². The number of carbonyl (C=O) groups is 1. The Balaban J connectivity index is 1.42. The summed E-state index contributed by atoms with van der Waals surface area (Å²) in [5.41, 5.74) is 5.64. The van der Waals surface area contributed by atoms with Crippen LogP contribution in [0.25, 0.3) is 33.5 Å². The number of para-hydroxylation sites is 1. The summed E-state index contributed by atoms with van der Waals surface area (Å²) in [5.74, 6) is -0.0331. The zero-order valence-corrected chi connectivity index (χ0v) is 18.1. The molecule has 0 aliphatic rings. The predicted octanol–water partition coefficient (Wildman–Crippen LogP) is 7.16. The molecule has 5 aromatic rings. The van der Waals surface area contributed by atoms with Crippen LogP contribution in [-0.4, -0.2) is 15.6 Å². The fraction of sp³-hybridized carbons (Fsp3) is 0. The van der Waals surface area contributed by atoms with Gasteiger partial charge in [0.1, 0.15) is 5.69 Å². The molecule has 0 spiro atoms. The number of hydrogen-bond donors (Lipinski definition) is 0. The molecule has 5 rings (SSSR count). The van der Waals surface area contributed by atoms with E-state index in [9.17, 15) is 4.79 Å². The van der Waals surface area contributed by atoms with Crippen molar-refractivity contribution in [3.63, 3.8) is 0 Å². The minimum atomic E-state index is -0.0331. The van der Waals surface area contributed by atoms with E-state index in [1.807, 2.05) is 107 Å². The number of thiophene rings is 1. The van der Waals surface area contributed by atoms with Crippen LogP contribution in [0.4, 0.5) is 0 Å². The molecule has 0 saturated heterocycles. The Morgan fingerprint density at radius 3 is 2.16 bits per heavy atom. The van der Waals surface area contributed by atoms with Gasteiger partial charge in [0.05, 0.1) is 10.6 Å². The number of allylic oxidation sites excluding steroid dienone is 1. The van der Waals surface area contributed by atoms with E-state index in [4.69, 9.17) is 5.10 Å². The van der Waals surface area contributed by atoms with Crippen molar-refractivity contribution < 1.29 is 4.79 Å².